The van der Waals surface area contributed by atoms with Crippen molar-refractivity contribution in [3.05, 3.63) is 53.2 Å². The lowest BCUT2D eigenvalue weighted by molar-refractivity contribution is 0.0935. The largest absolute Gasteiger partial charge is 0.350 e. The predicted octanol–water partition coefficient (Wildman–Crippen LogP) is 4.41. The quantitative estimate of drug-likeness (QED) is 0.887. The molecule has 0 saturated heterocycles. The normalized spacial score (nSPS) is 12.0. The zero-order valence-corrected chi connectivity index (χ0v) is 13.5. The van der Waals surface area contributed by atoms with Crippen LogP contribution in [-0.2, 0) is 0 Å². The summed E-state index contributed by atoms with van der Waals surface area (Å²) >= 11 is 7.56. The highest BCUT2D eigenvalue weighted by atomic mass is 35.5. The molecule has 3 nitrogen and oxygen atoms in total. The highest BCUT2D eigenvalue weighted by molar-refractivity contribution is 7.99. The van der Waals surface area contributed by atoms with E-state index in [0.29, 0.717) is 15.6 Å². The second-order valence-corrected chi connectivity index (χ2v) is 6.11. The number of hydrogen-bond donors (Lipinski definition) is 1. The van der Waals surface area contributed by atoms with Crippen molar-refractivity contribution in [2.24, 2.45) is 0 Å². The third kappa shape index (κ3) is 4.22. The first kappa shape index (κ1) is 15.9. The van der Waals surface area contributed by atoms with Crippen molar-refractivity contribution in [2.45, 2.75) is 36.2 Å². The fraction of sp³-hybridized carbons (Fsp3) is 0.250. The van der Waals surface area contributed by atoms with E-state index >= 15 is 0 Å². The summed E-state index contributed by atoms with van der Waals surface area (Å²) in [7, 11) is 0. The average molecular weight is 321 g/mol. The summed E-state index contributed by atoms with van der Waals surface area (Å²) in [6.07, 6.45) is 2.57. The lowest BCUT2D eigenvalue weighted by atomic mass is 10.2. The number of benzene rings is 1. The molecular weight excluding hydrogens is 304 g/mol. The van der Waals surface area contributed by atoms with Gasteiger partial charge < -0.3 is 5.32 Å². The van der Waals surface area contributed by atoms with Gasteiger partial charge in [-0.1, -0.05) is 42.4 Å². The molecule has 1 N–H and O–H groups in total. The number of pyridine rings is 1. The Morgan fingerprint density at radius 3 is 2.81 bits per heavy atom. The standard InChI is InChI=1S/C16H17ClN2OS/c1-3-11(2)19-15(20)12-7-6-10-18-16(12)21-14-9-5-4-8-13(14)17/h4-11H,3H2,1-2H3,(H,19,20)/t11-/m0/s1. The summed E-state index contributed by atoms with van der Waals surface area (Å²) in [6, 6.07) is 11.2. The first-order valence-electron chi connectivity index (χ1n) is 6.80. The van der Waals surface area contributed by atoms with Crippen molar-refractivity contribution in [1.82, 2.24) is 10.3 Å². The van der Waals surface area contributed by atoms with Crippen LogP contribution in [0.2, 0.25) is 5.02 Å². The van der Waals surface area contributed by atoms with E-state index in [1.54, 1.807) is 18.3 Å². The molecule has 1 aromatic carbocycles. The van der Waals surface area contributed by atoms with Crippen LogP contribution < -0.4 is 5.32 Å². The third-order valence-electron chi connectivity index (χ3n) is 3.05. The Bertz CT molecular complexity index is 633. The van der Waals surface area contributed by atoms with Gasteiger partial charge in [0.05, 0.1) is 10.6 Å². The number of aromatic nitrogens is 1. The van der Waals surface area contributed by atoms with Crippen molar-refractivity contribution >= 4 is 29.3 Å². The average Bonchev–Trinajstić information content (AvgIpc) is 2.50. The molecule has 1 aromatic heterocycles. The van der Waals surface area contributed by atoms with E-state index in [9.17, 15) is 4.79 Å². The molecular formula is C16H17ClN2OS. The number of carbonyl (C=O) groups excluding carboxylic acids is 1. The van der Waals surface area contributed by atoms with Crippen LogP contribution in [0, 0.1) is 0 Å². The Morgan fingerprint density at radius 2 is 2.10 bits per heavy atom. The van der Waals surface area contributed by atoms with Crippen LogP contribution in [-0.4, -0.2) is 16.9 Å². The van der Waals surface area contributed by atoms with Gasteiger partial charge in [-0.3, -0.25) is 4.79 Å². The molecule has 1 amide bonds. The van der Waals surface area contributed by atoms with E-state index in [-0.39, 0.29) is 11.9 Å². The number of nitrogens with zero attached hydrogens (tertiary/aromatic N) is 1. The Labute approximate surface area is 134 Å². The number of amides is 1. The van der Waals surface area contributed by atoms with Gasteiger partial charge in [0.25, 0.3) is 5.91 Å². The summed E-state index contributed by atoms with van der Waals surface area (Å²) in [4.78, 5) is 17.5. The molecule has 0 fully saturated rings. The van der Waals surface area contributed by atoms with Gasteiger partial charge in [0.2, 0.25) is 0 Å². The Hall–Kier alpha value is -1.52. The summed E-state index contributed by atoms with van der Waals surface area (Å²) in [6.45, 7) is 4.02. The van der Waals surface area contributed by atoms with Crippen molar-refractivity contribution in [3.63, 3.8) is 0 Å². The SMILES string of the molecule is CC[C@H](C)NC(=O)c1cccnc1Sc1ccccc1Cl. The molecule has 2 rings (SSSR count). The predicted molar refractivity (Wildman–Crippen MR) is 87.0 cm³/mol. The van der Waals surface area contributed by atoms with E-state index in [0.717, 1.165) is 11.3 Å². The molecule has 0 aliphatic rings. The van der Waals surface area contributed by atoms with Gasteiger partial charge >= 0.3 is 0 Å². The molecule has 0 aliphatic heterocycles. The van der Waals surface area contributed by atoms with Crippen LogP contribution in [0.5, 0.6) is 0 Å². The van der Waals surface area contributed by atoms with Crippen LogP contribution in [0.3, 0.4) is 0 Å². The molecule has 0 saturated carbocycles. The number of carbonyl (C=O) groups is 1. The van der Waals surface area contributed by atoms with E-state index in [1.807, 2.05) is 38.1 Å². The van der Waals surface area contributed by atoms with Crippen molar-refractivity contribution < 1.29 is 4.79 Å². The molecule has 0 bridgehead atoms. The van der Waals surface area contributed by atoms with Gasteiger partial charge in [-0.15, -0.1) is 0 Å². The molecule has 5 heteroatoms. The zero-order valence-electron chi connectivity index (χ0n) is 12.0. The molecule has 0 spiro atoms. The first-order valence-corrected chi connectivity index (χ1v) is 7.99. The maximum atomic E-state index is 12.3. The lowest BCUT2D eigenvalue weighted by Gasteiger charge is -2.13. The number of rotatable bonds is 5. The number of halogens is 1. The molecule has 110 valence electrons. The van der Waals surface area contributed by atoms with Gasteiger partial charge in [0.1, 0.15) is 5.03 Å². The van der Waals surface area contributed by atoms with Gasteiger partial charge in [-0.2, -0.15) is 0 Å². The van der Waals surface area contributed by atoms with Crippen molar-refractivity contribution in [1.29, 1.82) is 0 Å². The van der Waals surface area contributed by atoms with Crippen LogP contribution >= 0.6 is 23.4 Å². The second kappa shape index (κ2) is 7.48. The molecule has 0 unspecified atom stereocenters. The second-order valence-electron chi connectivity index (χ2n) is 4.67. The van der Waals surface area contributed by atoms with Gasteiger partial charge in [-0.05, 0) is 37.6 Å². The lowest BCUT2D eigenvalue weighted by Crippen LogP contribution is -2.32. The fourth-order valence-electron chi connectivity index (χ4n) is 1.68. The van der Waals surface area contributed by atoms with Crippen LogP contribution in [0.1, 0.15) is 30.6 Å². The van der Waals surface area contributed by atoms with Crippen LogP contribution in [0.25, 0.3) is 0 Å². The topological polar surface area (TPSA) is 42.0 Å². The summed E-state index contributed by atoms with van der Waals surface area (Å²) < 4.78 is 0. The van der Waals surface area contributed by atoms with E-state index < -0.39 is 0 Å². The van der Waals surface area contributed by atoms with Crippen molar-refractivity contribution in [2.75, 3.05) is 0 Å². The minimum Gasteiger partial charge on any atom is -0.350 e. The van der Waals surface area contributed by atoms with Crippen molar-refractivity contribution in [3.8, 4) is 0 Å². The summed E-state index contributed by atoms with van der Waals surface area (Å²) in [5.74, 6) is -0.105. The monoisotopic (exact) mass is 320 g/mol. The van der Waals surface area contributed by atoms with Crippen LogP contribution in [0.15, 0.2) is 52.5 Å². The highest BCUT2D eigenvalue weighted by Gasteiger charge is 2.15. The Balaban J connectivity index is 2.25. The first-order chi connectivity index (χ1) is 10.1. The van der Waals surface area contributed by atoms with E-state index in [2.05, 4.69) is 10.3 Å². The molecule has 1 heterocycles. The molecule has 0 radical (unpaired) electrons. The molecule has 21 heavy (non-hydrogen) atoms. The zero-order chi connectivity index (χ0) is 15.2. The fourth-order valence-corrected chi connectivity index (χ4v) is 2.84. The summed E-state index contributed by atoms with van der Waals surface area (Å²) in [5.41, 5.74) is 0.572. The smallest absolute Gasteiger partial charge is 0.254 e. The number of hydrogen-bond acceptors (Lipinski definition) is 3. The van der Waals surface area contributed by atoms with Gasteiger partial charge in [-0.25, -0.2) is 4.98 Å². The molecule has 1 atom stereocenters. The molecule has 2 aromatic rings. The number of nitrogens with one attached hydrogen (secondary N) is 1. The molecule has 0 aliphatic carbocycles. The minimum absolute atomic E-state index is 0.105. The minimum atomic E-state index is -0.105. The van der Waals surface area contributed by atoms with E-state index in [1.165, 1.54) is 11.8 Å². The van der Waals surface area contributed by atoms with Gasteiger partial charge in [0.15, 0.2) is 0 Å². The van der Waals surface area contributed by atoms with Gasteiger partial charge in [0, 0.05) is 17.1 Å². The highest BCUT2D eigenvalue weighted by Crippen LogP contribution is 2.33. The maximum absolute atomic E-state index is 12.3. The Kier molecular flexibility index (Phi) is 5.65. The van der Waals surface area contributed by atoms with Crippen LogP contribution in [0.4, 0.5) is 0 Å². The third-order valence-corrected chi connectivity index (χ3v) is 4.59. The summed E-state index contributed by atoms with van der Waals surface area (Å²) in [5, 5.41) is 4.27. The van der Waals surface area contributed by atoms with E-state index in [4.69, 9.17) is 11.6 Å². The Morgan fingerprint density at radius 1 is 1.33 bits per heavy atom. The maximum Gasteiger partial charge on any atom is 0.254 e.